The Balaban J connectivity index is 1.49. The number of rotatable bonds is 25. The summed E-state index contributed by atoms with van der Waals surface area (Å²) in [6.07, 6.45) is 21.5. The van der Waals surface area contributed by atoms with Crippen LogP contribution in [0.25, 0.3) is 0 Å². The van der Waals surface area contributed by atoms with Crippen LogP contribution in [0, 0.1) is 0 Å². The highest BCUT2D eigenvalue weighted by Crippen LogP contribution is 2.24. The average molecular weight is 605 g/mol. The second kappa shape index (κ2) is 21.0. The number of carboxylic acid groups (broad SMARTS) is 1. The van der Waals surface area contributed by atoms with E-state index in [2.05, 4.69) is 6.92 Å². The van der Waals surface area contributed by atoms with E-state index in [1.807, 2.05) is 0 Å². The summed E-state index contributed by atoms with van der Waals surface area (Å²) in [6, 6.07) is 10.4. The summed E-state index contributed by atoms with van der Waals surface area (Å²) in [7, 11) is -3.47. The van der Waals surface area contributed by atoms with Gasteiger partial charge in [0.05, 0.1) is 23.9 Å². The lowest BCUT2D eigenvalue weighted by atomic mass is 10.0. The Labute approximate surface area is 253 Å². The highest BCUT2D eigenvalue weighted by atomic mass is 32.2. The molecule has 2 rings (SSSR count). The summed E-state index contributed by atoms with van der Waals surface area (Å²) in [5.74, 6) is -0.777. The van der Waals surface area contributed by atoms with Crippen molar-refractivity contribution in [3.05, 3.63) is 48.0 Å². The Morgan fingerprint density at radius 1 is 0.643 bits per heavy atom. The summed E-state index contributed by atoms with van der Waals surface area (Å²) in [5, 5.41) is 18.7. The van der Waals surface area contributed by atoms with Crippen molar-refractivity contribution >= 4 is 15.8 Å². The van der Waals surface area contributed by atoms with Crippen LogP contribution >= 0.6 is 0 Å². The third-order valence-electron chi connectivity index (χ3n) is 7.48. The van der Waals surface area contributed by atoms with Gasteiger partial charge in [0.15, 0.2) is 9.84 Å². The number of unbranched alkanes of at least 4 members (excludes halogenated alkanes) is 15. The third kappa shape index (κ3) is 14.9. The monoisotopic (exact) mass is 604 g/mol. The molecule has 0 saturated carbocycles. The van der Waals surface area contributed by atoms with E-state index >= 15 is 0 Å². The van der Waals surface area contributed by atoms with Crippen LogP contribution in [-0.4, -0.2) is 43.6 Å². The van der Waals surface area contributed by atoms with Crippen LogP contribution in [0.4, 0.5) is 0 Å². The fourth-order valence-corrected chi connectivity index (χ4v) is 6.21. The number of benzene rings is 2. The van der Waals surface area contributed by atoms with Gasteiger partial charge in [-0.2, -0.15) is 0 Å². The summed E-state index contributed by atoms with van der Waals surface area (Å²) in [5.41, 5.74) is -0.220. The van der Waals surface area contributed by atoms with E-state index in [1.165, 1.54) is 108 Å². The molecule has 0 saturated heterocycles. The van der Waals surface area contributed by atoms with Crippen molar-refractivity contribution in [1.82, 2.24) is 0 Å². The molecule has 8 heteroatoms. The lowest BCUT2D eigenvalue weighted by Crippen LogP contribution is -2.10. The topological polar surface area (TPSA) is 110 Å². The van der Waals surface area contributed by atoms with Gasteiger partial charge in [0, 0.05) is 6.07 Å². The lowest BCUT2D eigenvalue weighted by molar-refractivity contribution is 0.0693. The average Bonchev–Trinajstić information content (AvgIpc) is 2.97. The normalized spacial score (nSPS) is 11.5. The first kappa shape index (κ1) is 35.5. The molecule has 0 spiro atoms. The Morgan fingerprint density at radius 2 is 1.10 bits per heavy atom. The Kier molecular flexibility index (Phi) is 17.8. The number of carboxylic acids is 1. The first-order valence-corrected chi connectivity index (χ1v) is 17.6. The van der Waals surface area contributed by atoms with Crippen LogP contribution in [0.3, 0.4) is 0 Å². The second-order valence-corrected chi connectivity index (χ2v) is 13.2. The fourth-order valence-electron chi connectivity index (χ4n) is 4.92. The summed E-state index contributed by atoms with van der Waals surface area (Å²) >= 11 is 0. The van der Waals surface area contributed by atoms with Crippen LogP contribution in [0.1, 0.15) is 126 Å². The smallest absolute Gasteiger partial charge is 0.339 e. The van der Waals surface area contributed by atoms with Crippen molar-refractivity contribution in [2.24, 2.45) is 0 Å². The minimum Gasteiger partial charge on any atom is -0.507 e. The quantitative estimate of drug-likeness (QED) is 0.109. The first-order valence-electron chi connectivity index (χ1n) is 16.0. The fraction of sp³-hybridized carbons (Fsp3) is 0.618. The van der Waals surface area contributed by atoms with E-state index < -0.39 is 21.6 Å². The Morgan fingerprint density at radius 3 is 1.60 bits per heavy atom. The van der Waals surface area contributed by atoms with Crippen LogP contribution in [0.2, 0.25) is 0 Å². The van der Waals surface area contributed by atoms with Gasteiger partial charge in [0.1, 0.15) is 22.8 Å². The van der Waals surface area contributed by atoms with Crippen LogP contribution < -0.4 is 9.47 Å². The van der Waals surface area contributed by atoms with E-state index in [0.29, 0.717) is 12.4 Å². The zero-order chi connectivity index (χ0) is 30.5. The van der Waals surface area contributed by atoms with Crippen molar-refractivity contribution in [2.45, 2.75) is 121 Å². The summed E-state index contributed by atoms with van der Waals surface area (Å²) in [6.45, 7) is 3.02. The molecule has 0 amide bonds. The maximum atomic E-state index is 12.7. The van der Waals surface area contributed by atoms with Gasteiger partial charge in [-0.25, -0.2) is 13.2 Å². The lowest BCUT2D eigenvalue weighted by Gasteiger charge is -2.09. The standard InChI is InChI=1S/C34H52O7S/c1-2-3-4-5-6-7-8-9-10-11-12-13-14-15-16-17-25-40-29-19-22-31(23-20-29)42(38,39)27-18-26-41-30-21-24-32(34(36)37)33(35)28-30/h19-24,28,35H,2-18,25-27H2,1H3,(H,36,37). The molecule has 0 aromatic heterocycles. The maximum Gasteiger partial charge on any atom is 0.339 e. The molecule has 7 nitrogen and oxygen atoms in total. The molecule has 42 heavy (non-hydrogen) atoms. The van der Waals surface area contributed by atoms with Crippen molar-refractivity contribution in [2.75, 3.05) is 19.0 Å². The molecule has 0 aliphatic rings. The SMILES string of the molecule is CCCCCCCCCCCCCCCCCCOc1ccc(S(=O)(=O)CCCOc2ccc(C(=O)O)c(O)c2)cc1. The molecule has 0 fully saturated rings. The van der Waals surface area contributed by atoms with Crippen molar-refractivity contribution < 1.29 is 32.9 Å². The number of aromatic carboxylic acids is 1. The number of hydrogen-bond donors (Lipinski definition) is 2. The van der Waals surface area contributed by atoms with Gasteiger partial charge < -0.3 is 19.7 Å². The molecule has 0 aliphatic heterocycles. The van der Waals surface area contributed by atoms with E-state index in [4.69, 9.17) is 14.6 Å². The Hall–Kier alpha value is -2.74. The molecule has 2 aromatic carbocycles. The summed E-state index contributed by atoms with van der Waals surface area (Å²) < 4.78 is 36.6. The predicted molar refractivity (Wildman–Crippen MR) is 169 cm³/mol. The minimum absolute atomic E-state index is 0.0917. The molecule has 0 aliphatic carbocycles. The number of ether oxygens (including phenoxy) is 2. The first-order chi connectivity index (χ1) is 20.3. The van der Waals surface area contributed by atoms with E-state index in [-0.39, 0.29) is 35.0 Å². The molecule has 0 bridgehead atoms. The molecular weight excluding hydrogens is 552 g/mol. The number of aromatic hydroxyl groups is 1. The third-order valence-corrected chi connectivity index (χ3v) is 9.29. The van der Waals surface area contributed by atoms with Gasteiger partial charge in [-0.3, -0.25) is 0 Å². The number of phenols is 1. The van der Waals surface area contributed by atoms with Crippen LogP contribution in [0.5, 0.6) is 17.2 Å². The van der Waals surface area contributed by atoms with E-state index in [9.17, 15) is 18.3 Å². The van der Waals surface area contributed by atoms with Crippen LogP contribution in [-0.2, 0) is 9.84 Å². The van der Waals surface area contributed by atoms with Crippen LogP contribution in [0.15, 0.2) is 47.4 Å². The molecule has 2 aromatic rings. The molecule has 236 valence electrons. The number of hydrogen-bond acceptors (Lipinski definition) is 6. The molecular formula is C34H52O7S. The molecule has 0 radical (unpaired) electrons. The molecule has 2 N–H and O–H groups in total. The summed E-state index contributed by atoms with van der Waals surface area (Å²) in [4.78, 5) is 11.2. The predicted octanol–water partition coefficient (Wildman–Crippen LogP) is 8.97. The molecule has 0 atom stereocenters. The van der Waals surface area contributed by atoms with Crippen molar-refractivity contribution in [3.8, 4) is 17.2 Å². The van der Waals surface area contributed by atoms with Gasteiger partial charge in [-0.15, -0.1) is 0 Å². The van der Waals surface area contributed by atoms with E-state index in [1.54, 1.807) is 24.3 Å². The highest BCUT2D eigenvalue weighted by molar-refractivity contribution is 7.91. The number of sulfone groups is 1. The maximum absolute atomic E-state index is 12.7. The van der Waals surface area contributed by atoms with Gasteiger partial charge in [-0.1, -0.05) is 103 Å². The highest BCUT2D eigenvalue weighted by Gasteiger charge is 2.15. The van der Waals surface area contributed by atoms with Crippen molar-refractivity contribution in [1.29, 1.82) is 0 Å². The zero-order valence-electron chi connectivity index (χ0n) is 25.5. The van der Waals surface area contributed by atoms with Gasteiger partial charge >= 0.3 is 5.97 Å². The minimum atomic E-state index is -3.47. The van der Waals surface area contributed by atoms with Gasteiger partial charge in [0.2, 0.25) is 0 Å². The number of carbonyl (C=O) groups is 1. The van der Waals surface area contributed by atoms with Gasteiger partial charge in [0.25, 0.3) is 0 Å². The van der Waals surface area contributed by atoms with Gasteiger partial charge in [-0.05, 0) is 49.2 Å². The molecule has 0 heterocycles. The zero-order valence-corrected chi connectivity index (χ0v) is 26.3. The Bertz CT molecular complexity index is 1110. The second-order valence-electron chi connectivity index (χ2n) is 11.1. The molecule has 0 unspecified atom stereocenters. The van der Waals surface area contributed by atoms with Crippen molar-refractivity contribution in [3.63, 3.8) is 0 Å². The largest absolute Gasteiger partial charge is 0.507 e. The van der Waals surface area contributed by atoms with E-state index in [0.717, 1.165) is 12.8 Å².